The largest absolute Gasteiger partial charge is 0.461 e. The van der Waals surface area contributed by atoms with E-state index in [1.54, 1.807) is 12.1 Å². The third-order valence-electron chi connectivity index (χ3n) is 7.40. The molecule has 3 N–H and O–H groups in total. The summed E-state index contributed by atoms with van der Waals surface area (Å²) in [5, 5.41) is 17.4. The van der Waals surface area contributed by atoms with E-state index in [4.69, 9.17) is 4.42 Å². The van der Waals surface area contributed by atoms with E-state index in [0.29, 0.717) is 40.8 Å². The number of aliphatic hydroxyl groups excluding tert-OH is 1. The van der Waals surface area contributed by atoms with Crippen LogP contribution < -0.4 is 16.1 Å². The second-order valence-corrected chi connectivity index (χ2v) is 10.3. The standard InChI is InChI=1S/C32H32F2N2O4/c1-2-19-5-3-6-20(11-19)17-35-18-28(37)27(14-21-12-23(33)16-24(34)13-21)36-32(39)22-9-10-30-26(15-22)31(38)25-7-4-8-29(25)40-30/h3,5-6,9-13,15-16,27-28,35,37H,2,4,7-8,14,17-18H2,1H3,(H,36,39). The van der Waals surface area contributed by atoms with Gasteiger partial charge in [0.25, 0.3) is 5.91 Å². The lowest BCUT2D eigenvalue weighted by atomic mass is 9.99. The maximum absolute atomic E-state index is 13.9. The highest BCUT2D eigenvalue weighted by Gasteiger charge is 2.24. The smallest absolute Gasteiger partial charge is 0.251 e. The molecule has 1 aliphatic rings. The molecule has 208 valence electrons. The molecule has 1 heterocycles. The highest BCUT2D eigenvalue weighted by molar-refractivity contribution is 5.98. The van der Waals surface area contributed by atoms with Crippen LogP contribution in [0.15, 0.2) is 69.9 Å². The molecule has 6 nitrogen and oxygen atoms in total. The van der Waals surface area contributed by atoms with Gasteiger partial charge in [-0.3, -0.25) is 9.59 Å². The zero-order valence-corrected chi connectivity index (χ0v) is 22.3. The minimum absolute atomic E-state index is 0.00217. The fourth-order valence-corrected chi connectivity index (χ4v) is 5.29. The highest BCUT2D eigenvalue weighted by atomic mass is 19.1. The van der Waals surface area contributed by atoms with Crippen molar-refractivity contribution in [3.8, 4) is 0 Å². The van der Waals surface area contributed by atoms with Gasteiger partial charge in [0.05, 0.1) is 17.5 Å². The van der Waals surface area contributed by atoms with E-state index in [1.807, 2.05) is 18.2 Å². The Morgan fingerprint density at radius 3 is 2.55 bits per heavy atom. The number of fused-ring (bicyclic) bond motifs is 2. The van der Waals surface area contributed by atoms with Gasteiger partial charge in [-0.2, -0.15) is 0 Å². The zero-order chi connectivity index (χ0) is 28.2. The second kappa shape index (κ2) is 12.1. The summed E-state index contributed by atoms with van der Waals surface area (Å²) in [5.74, 6) is -1.29. The molecule has 5 rings (SSSR count). The summed E-state index contributed by atoms with van der Waals surface area (Å²) in [6, 6.07) is 15.0. The molecule has 2 atom stereocenters. The molecule has 4 aromatic rings. The Balaban J connectivity index is 1.34. The minimum atomic E-state index is -1.07. The summed E-state index contributed by atoms with van der Waals surface area (Å²) in [6.07, 6.45) is 2.07. The fraction of sp³-hybridized carbons (Fsp3) is 0.312. The maximum atomic E-state index is 13.9. The van der Waals surface area contributed by atoms with E-state index in [9.17, 15) is 23.5 Å². The van der Waals surface area contributed by atoms with Gasteiger partial charge in [-0.05, 0) is 72.7 Å². The normalized spacial score (nSPS) is 14.2. The molecule has 0 aliphatic heterocycles. The Hall–Kier alpha value is -3.88. The van der Waals surface area contributed by atoms with Crippen molar-refractivity contribution in [3.05, 3.63) is 116 Å². The topological polar surface area (TPSA) is 91.6 Å². The van der Waals surface area contributed by atoms with Gasteiger partial charge in [0.2, 0.25) is 0 Å². The number of carbonyl (C=O) groups excluding carboxylic acids is 1. The number of halogens is 2. The first-order valence-corrected chi connectivity index (χ1v) is 13.6. The van der Waals surface area contributed by atoms with Crippen molar-refractivity contribution in [2.24, 2.45) is 0 Å². The molecule has 3 aromatic carbocycles. The van der Waals surface area contributed by atoms with Crippen molar-refractivity contribution in [2.45, 2.75) is 57.7 Å². The Morgan fingerprint density at radius 1 is 1.00 bits per heavy atom. The van der Waals surface area contributed by atoms with Crippen molar-refractivity contribution in [2.75, 3.05) is 6.54 Å². The first-order chi connectivity index (χ1) is 19.3. The summed E-state index contributed by atoms with van der Waals surface area (Å²) in [4.78, 5) is 26.3. The van der Waals surface area contributed by atoms with Crippen molar-refractivity contribution in [1.82, 2.24) is 10.6 Å². The molecule has 0 saturated heterocycles. The van der Waals surface area contributed by atoms with E-state index in [2.05, 4.69) is 23.6 Å². The predicted octanol–water partition coefficient (Wildman–Crippen LogP) is 4.61. The Kier molecular flexibility index (Phi) is 8.38. The van der Waals surface area contributed by atoms with Gasteiger partial charge in [-0.1, -0.05) is 31.2 Å². The van der Waals surface area contributed by atoms with Crippen LogP contribution in [0.4, 0.5) is 8.78 Å². The Bertz CT molecular complexity index is 1580. The number of hydrogen-bond donors (Lipinski definition) is 3. The van der Waals surface area contributed by atoms with Crippen LogP contribution in [-0.4, -0.2) is 29.7 Å². The first kappa shape index (κ1) is 27.7. The summed E-state index contributed by atoms with van der Waals surface area (Å²) >= 11 is 0. The lowest BCUT2D eigenvalue weighted by Gasteiger charge is -2.25. The van der Waals surface area contributed by atoms with Crippen molar-refractivity contribution in [3.63, 3.8) is 0 Å². The van der Waals surface area contributed by atoms with Gasteiger partial charge < -0.3 is 20.2 Å². The number of aryl methyl sites for hydroxylation is 2. The zero-order valence-electron chi connectivity index (χ0n) is 22.3. The SMILES string of the molecule is CCc1cccc(CNCC(O)C(Cc2cc(F)cc(F)c2)NC(=O)c2ccc3oc4c(c(=O)c3c2)CCC4)c1. The van der Waals surface area contributed by atoms with E-state index >= 15 is 0 Å². The molecular weight excluding hydrogens is 514 g/mol. The molecule has 8 heteroatoms. The molecule has 0 fully saturated rings. The molecule has 0 radical (unpaired) electrons. The van der Waals surface area contributed by atoms with Gasteiger partial charge in [0.15, 0.2) is 5.43 Å². The van der Waals surface area contributed by atoms with Gasteiger partial charge in [-0.15, -0.1) is 0 Å². The molecule has 40 heavy (non-hydrogen) atoms. The first-order valence-electron chi connectivity index (χ1n) is 13.6. The van der Waals surface area contributed by atoms with Crippen LogP contribution in [-0.2, 0) is 32.2 Å². The average Bonchev–Trinajstić information content (AvgIpc) is 3.41. The Labute approximate surface area is 231 Å². The van der Waals surface area contributed by atoms with Crippen LogP contribution in [0.5, 0.6) is 0 Å². The average molecular weight is 547 g/mol. The number of rotatable bonds is 10. The third kappa shape index (κ3) is 6.29. The molecule has 0 bridgehead atoms. The third-order valence-corrected chi connectivity index (χ3v) is 7.40. The monoisotopic (exact) mass is 546 g/mol. The second-order valence-electron chi connectivity index (χ2n) is 10.3. The number of aliphatic hydroxyl groups is 1. The maximum Gasteiger partial charge on any atom is 0.251 e. The Morgan fingerprint density at radius 2 is 1.77 bits per heavy atom. The minimum Gasteiger partial charge on any atom is -0.461 e. The fourth-order valence-electron chi connectivity index (χ4n) is 5.29. The highest BCUT2D eigenvalue weighted by Crippen LogP contribution is 2.24. The number of nitrogens with one attached hydrogen (secondary N) is 2. The molecule has 1 amide bonds. The lowest BCUT2D eigenvalue weighted by molar-refractivity contribution is 0.0830. The molecule has 0 spiro atoms. The number of benzene rings is 3. The van der Waals surface area contributed by atoms with Gasteiger partial charge in [0.1, 0.15) is 23.0 Å². The summed E-state index contributed by atoms with van der Waals surface area (Å²) in [7, 11) is 0. The summed E-state index contributed by atoms with van der Waals surface area (Å²) in [6.45, 7) is 2.71. The quantitative estimate of drug-likeness (QED) is 0.270. The van der Waals surface area contributed by atoms with Crippen LogP contribution in [0.1, 0.15) is 51.7 Å². The van der Waals surface area contributed by atoms with Crippen molar-refractivity contribution >= 4 is 16.9 Å². The molecular formula is C32H32F2N2O4. The van der Waals surface area contributed by atoms with Crippen LogP contribution in [0.2, 0.25) is 0 Å². The summed E-state index contributed by atoms with van der Waals surface area (Å²) < 4.78 is 33.7. The van der Waals surface area contributed by atoms with Crippen LogP contribution in [0, 0.1) is 11.6 Å². The van der Waals surface area contributed by atoms with Gasteiger partial charge in [0, 0.05) is 36.7 Å². The predicted molar refractivity (Wildman–Crippen MR) is 149 cm³/mol. The molecule has 1 aliphatic carbocycles. The molecule has 1 aromatic heterocycles. The van der Waals surface area contributed by atoms with Crippen LogP contribution in [0.25, 0.3) is 11.0 Å². The number of hydrogen-bond acceptors (Lipinski definition) is 5. The van der Waals surface area contributed by atoms with E-state index < -0.39 is 29.7 Å². The van der Waals surface area contributed by atoms with Crippen LogP contribution >= 0.6 is 0 Å². The number of carbonyl (C=O) groups is 1. The van der Waals surface area contributed by atoms with E-state index in [0.717, 1.165) is 30.9 Å². The lowest BCUT2D eigenvalue weighted by Crippen LogP contribution is -2.48. The van der Waals surface area contributed by atoms with Crippen molar-refractivity contribution < 1.29 is 23.1 Å². The summed E-state index contributed by atoms with van der Waals surface area (Å²) in [5.41, 5.74) is 3.73. The van der Waals surface area contributed by atoms with E-state index in [1.165, 1.54) is 23.8 Å². The van der Waals surface area contributed by atoms with Crippen molar-refractivity contribution in [1.29, 1.82) is 0 Å². The van der Waals surface area contributed by atoms with E-state index in [-0.39, 0.29) is 24.0 Å². The van der Waals surface area contributed by atoms with Gasteiger partial charge in [-0.25, -0.2) is 8.78 Å². The molecule has 2 unspecified atom stereocenters. The number of amides is 1. The van der Waals surface area contributed by atoms with Crippen LogP contribution in [0.3, 0.4) is 0 Å². The molecule has 0 saturated carbocycles. The van der Waals surface area contributed by atoms with Gasteiger partial charge >= 0.3 is 0 Å².